The molecule has 1 aromatic carbocycles. The van der Waals surface area contributed by atoms with Crippen LogP contribution in [0.25, 0.3) is 0 Å². The minimum absolute atomic E-state index is 0.141. The molecule has 120 valence electrons. The molecule has 0 fully saturated rings. The summed E-state index contributed by atoms with van der Waals surface area (Å²) in [7, 11) is 0. The summed E-state index contributed by atoms with van der Waals surface area (Å²) in [4.78, 5) is 33.3. The number of rotatable bonds is 6. The van der Waals surface area contributed by atoms with Gasteiger partial charge in [0.1, 0.15) is 0 Å². The van der Waals surface area contributed by atoms with Crippen molar-refractivity contribution in [2.45, 2.75) is 18.7 Å². The Bertz CT molecular complexity index is 585. The average molecular weight is 335 g/mol. The van der Waals surface area contributed by atoms with E-state index in [-0.39, 0.29) is 13.2 Å². The van der Waals surface area contributed by atoms with Gasteiger partial charge in [0.2, 0.25) is 5.78 Å². The van der Waals surface area contributed by atoms with Crippen LogP contribution in [0.15, 0.2) is 18.2 Å². The summed E-state index contributed by atoms with van der Waals surface area (Å²) in [5.74, 6) is -6.46. The zero-order valence-electron chi connectivity index (χ0n) is 11.8. The zero-order valence-corrected chi connectivity index (χ0v) is 12.6. The van der Waals surface area contributed by atoms with Gasteiger partial charge in [-0.15, -0.1) is 0 Å². The highest BCUT2D eigenvalue weighted by Crippen LogP contribution is 2.26. The fourth-order valence-electron chi connectivity index (χ4n) is 1.57. The summed E-state index contributed by atoms with van der Waals surface area (Å²) in [6.07, 6.45) is 0. The lowest BCUT2D eigenvalue weighted by molar-refractivity contribution is -0.156. The molecule has 0 unspecified atom stereocenters. The van der Waals surface area contributed by atoms with Gasteiger partial charge in [0, 0.05) is 5.56 Å². The van der Waals surface area contributed by atoms with Crippen LogP contribution in [0.1, 0.15) is 24.2 Å². The standard InChI is InChI=1S/C14H13ClF2O5/c1-3-21-12(19)14(15,13(20)22-4-2)11(18)8-5-6-9(16)10(17)7-8/h5-7H,3-4H2,1-2H3. The van der Waals surface area contributed by atoms with Gasteiger partial charge in [0.25, 0.3) is 4.87 Å². The molecule has 0 aliphatic heterocycles. The van der Waals surface area contributed by atoms with Gasteiger partial charge in [-0.25, -0.2) is 18.4 Å². The highest BCUT2D eigenvalue weighted by atomic mass is 35.5. The lowest BCUT2D eigenvalue weighted by Gasteiger charge is -2.21. The summed E-state index contributed by atoms with van der Waals surface area (Å²) in [6.45, 7) is 2.61. The molecule has 22 heavy (non-hydrogen) atoms. The van der Waals surface area contributed by atoms with E-state index in [1.54, 1.807) is 0 Å². The molecule has 0 aliphatic rings. The van der Waals surface area contributed by atoms with Gasteiger partial charge in [-0.2, -0.15) is 0 Å². The smallest absolute Gasteiger partial charge is 0.347 e. The van der Waals surface area contributed by atoms with E-state index in [1.165, 1.54) is 13.8 Å². The average Bonchev–Trinajstić information content (AvgIpc) is 2.48. The maximum absolute atomic E-state index is 13.2. The van der Waals surface area contributed by atoms with Crippen molar-refractivity contribution in [2.75, 3.05) is 13.2 Å². The second-order valence-corrected chi connectivity index (χ2v) is 4.62. The quantitative estimate of drug-likeness (QED) is 0.345. The Morgan fingerprint density at radius 3 is 1.95 bits per heavy atom. The number of hydrogen-bond acceptors (Lipinski definition) is 5. The molecule has 0 atom stereocenters. The molecule has 0 aliphatic carbocycles. The molecule has 0 amide bonds. The molecule has 0 radical (unpaired) electrons. The number of carbonyl (C=O) groups excluding carboxylic acids is 3. The molecule has 0 spiro atoms. The van der Waals surface area contributed by atoms with Crippen LogP contribution < -0.4 is 0 Å². The molecule has 0 aromatic heterocycles. The summed E-state index contributed by atoms with van der Waals surface area (Å²) in [5, 5.41) is 0. The number of halogens is 3. The van der Waals surface area contributed by atoms with E-state index in [0.29, 0.717) is 12.1 Å². The van der Waals surface area contributed by atoms with Gasteiger partial charge in [-0.05, 0) is 32.0 Å². The first-order valence-electron chi connectivity index (χ1n) is 6.32. The van der Waals surface area contributed by atoms with Gasteiger partial charge < -0.3 is 9.47 Å². The SMILES string of the molecule is CCOC(=O)C(Cl)(C(=O)OCC)C(=O)c1ccc(F)c(F)c1. The molecule has 1 rings (SSSR count). The Kier molecular flexibility index (Phi) is 5.99. The predicted molar refractivity (Wildman–Crippen MR) is 72.5 cm³/mol. The molecule has 1 aromatic rings. The third-order valence-electron chi connectivity index (χ3n) is 2.61. The van der Waals surface area contributed by atoms with Crippen LogP contribution in [-0.2, 0) is 19.1 Å². The van der Waals surface area contributed by atoms with E-state index in [2.05, 4.69) is 9.47 Å². The van der Waals surface area contributed by atoms with Gasteiger partial charge in [-0.3, -0.25) is 4.79 Å². The number of ether oxygens (including phenoxy) is 2. The highest BCUT2D eigenvalue weighted by Gasteiger charge is 2.54. The Morgan fingerprint density at radius 1 is 1.05 bits per heavy atom. The largest absolute Gasteiger partial charge is 0.464 e. The number of carbonyl (C=O) groups is 3. The summed E-state index contributed by atoms with van der Waals surface area (Å²) >= 11 is 5.86. The Morgan fingerprint density at radius 2 is 1.55 bits per heavy atom. The van der Waals surface area contributed by atoms with E-state index in [1.807, 2.05) is 0 Å². The topological polar surface area (TPSA) is 69.7 Å². The maximum Gasteiger partial charge on any atom is 0.347 e. The Hall–Kier alpha value is -2.02. The van der Waals surface area contributed by atoms with E-state index >= 15 is 0 Å². The monoisotopic (exact) mass is 334 g/mol. The van der Waals surface area contributed by atoms with Crippen molar-refractivity contribution >= 4 is 29.3 Å². The van der Waals surface area contributed by atoms with Crippen LogP contribution in [0.2, 0.25) is 0 Å². The molecule has 5 nitrogen and oxygen atoms in total. The third-order valence-corrected chi connectivity index (χ3v) is 3.09. The Balaban J connectivity index is 3.30. The van der Waals surface area contributed by atoms with Gasteiger partial charge in [0.15, 0.2) is 11.6 Å². The van der Waals surface area contributed by atoms with Crippen molar-refractivity contribution in [2.24, 2.45) is 0 Å². The highest BCUT2D eigenvalue weighted by molar-refractivity contribution is 6.58. The van der Waals surface area contributed by atoms with Crippen molar-refractivity contribution in [1.82, 2.24) is 0 Å². The van der Waals surface area contributed by atoms with Gasteiger partial charge in [0.05, 0.1) is 13.2 Å². The molecule has 0 saturated heterocycles. The number of hydrogen-bond donors (Lipinski definition) is 0. The molecular formula is C14H13ClF2O5. The first-order chi connectivity index (χ1) is 10.3. The van der Waals surface area contributed by atoms with Crippen molar-refractivity contribution in [3.05, 3.63) is 35.4 Å². The lowest BCUT2D eigenvalue weighted by atomic mass is 9.96. The minimum atomic E-state index is -2.81. The predicted octanol–water partition coefficient (Wildman–Crippen LogP) is 2.25. The molecule has 0 N–H and O–H groups in total. The molecular weight excluding hydrogens is 322 g/mol. The molecule has 8 heteroatoms. The number of Topliss-reactive ketones (excluding diaryl/α,β-unsaturated/α-hetero) is 1. The number of esters is 2. The zero-order chi connectivity index (χ0) is 16.9. The summed E-state index contributed by atoms with van der Waals surface area (Å²) < 4.78 is 35.4. The van der Waals surface area contributed by atoms with Gasteiger partial charge in [-0.1, -0.05) is 11.6 Å². The number of benzene rings is 1. The van der Waals surface area contributed by atoms with Crippen molar-refractivity contribution in [1.29, 1.82) is 0 Å². The van der Waals surface area contributed by atoms with Crippen LogP contribution in [0.4, 0.5) is 8.78 Å². The van der Waals surface area contributed by atoms with Crippen molar-refractivity contribution in [3.63, 3.8) is 0 Å². The molecule has 0 bridgehead atoms. The first-order valence-corrected chi connectivity index (χ1v) is 6.70. The van der Waals surface area contributed by atoms with E-state index in [0.717, 1.165) is 6.07 Å². The second kappa shape index (κ2) is 7.31. The van der Waals surface area contributed by atoms with E-state index in [9.17, 15) is 23.2 Å². The maximum atomic E-state index is 13.2. The molecule has 0 heterocycles. The fourth-order valence-corrected chi connectivity index (χ4v) is 1.78. The second-order valence-electron chi connectivity index (χ2n) is 4.06. The van der Waals surface area contributed by atoms with E-state index in [4.69, 9.17) is 11.6 Å². The third kappa shape index (κ3) is 3.41. The van der Waals surface area contributed by atoms with Crippen LogP contribution in [0.5, 0.6) is 0 Å². The lowest BCUT2D eigenvalue weighted by Crippen LogP contribution is -2.50. The number of alkyl halides is 1. The van der Waals surface area contributed by atoms with Gasteiger partial charge >= 0.3 is 11.9 Å². The Labute approximate surface area is 130 Å². The van der Waals surface area contributed by atoms with Crippen LogP contribution in [0, 0.1) is 11.6 Å². The van der Waals surface area contributed by atoms with Crippen molar-refractivity contribution < 1.29 is 32.6 Å². The van der Waals surface area contributed by atoms with Crippen LogP contribution in [-0.4, -0.2) is 35.8 Å². The van der Waals surface area contributed by atoms with Crippen LogP contribution in [0.3, 0.4) is 0 Å². The van der Waals surface area contributed by atoms with E-state index < -0.39 is 39.8 Å². The van der Waals surface area contributed by atoms with Crippen LogP contribution >= 0.6 is 11.6 Å². The normalized spacial score (nSPS) is 11.0. The summed E-state index contributed by atoms with van der Waals surface area (Å²) in [6, 6.07) is 2.11. The molecule has 0 saturated carbocycles. The van der Waals surface area contributed by atoms with Crippen molar-refractivity contribution in [3.8, 4) is 0 Å². The number of ketones is 1. The first kappa shape index (κ1) is 18.0. The minimum Gasteiger partial charge on any atom is -0.464 e. The summed E-state index contributed by atoms with van der Waals surface area (Å²) in [5.41, 5.74) is -0.463. The fraction of sp³-hybridized carbons (Fsp3) is 0.357.